The number of hydrogen-bond donors (Lipinski definition) is 1. The first kappa shape index (κ1) is 34.3. The molecule has 4 nitrogen and oxygen atoms in total. The Bertz CT molecular complexity index is 3480. The van der Waals surface area contributed by atoms with Gasteiger partial charge in [-0.05, 0) is 140 Å². The third-order valence-electron chi connectivity index (χ3n) is 12.5. The van der Waals surface area contributed by atoms with E-state index >= 15 is 0 Å². The molecule has 0 radical (unpaired) electrons. The second kappa shape index (κ2) is 18.1. The minimum Gasteiger partial charge on any atom is -0.507 e. The zero-order chi connectivity index (χ0) is 53.8. The van der Waals surface area contributed by atoms with E-state index in [1.54, 1.807) is 24.4 Å². The maximum Gasteiger partial charge on any atom is 0.149 e. The van der Waals surface area contributed by atoms with E-state index in [2.05, 4.69) is 149 Å². The molecule has 0 aliphatic rings. The van der Waals surface area contributed by atoms with Gasteiger partial charge < -0.3 is 5.11 Å². The van der Waals surface area contributed by atoms with Crippen molar-refractivity contribution in [1.29, 1.82) is 0 Å². The number of fused-ring (bicyclic) bond motifs is 1. The van der Waals surface area contributed by atoms with Crippen LogP contribution >= 0.6 is 0 Å². The standard InChI is InChI=1S/C62H61N3O/c1-39(2)31-42-23-28-57(54(32-42)45-19-14-11-15-20-45)65-58-22-16-21-52(59(58)64-61(65)55-37-47(40(3)4)36-53(41(5)6)60(55)66)49-33-48(43-17-12-10-13-18-43)34-50(35-49)56-38-46(29-30-63-56)44-24-26-51(27-25-44)62(7,8)9/h10-30,32-41,66H,31H2,1-9H3/i7D3,8D3,9D3. The fraction of sp³-hybridized carbons (Fsp3) is 0.226. The summed E-state index contributed by atoms with van der Waals surface area (Å²) in [4.78, 5) is 10.5. The third-order valence-corrected chi connectivity index (χ3v) is 12.5. The molecule has 330 valence electrons. The molecule has 2 heterocycles. The number of hydrogen-bond acceptors (Lipinski definition) is 3. The Balaban J connectivity index is 1.27. The number of pyridine rings is 1. The Morgan fingerprint density at radius 2 is 1.24 bits per heavy atom. The van der Waals surface area contributed by atoms with Gasteiger partial charge in [0, 0.05) is 35.2 Å². The quantitative estimate of drug-likeness (QED) is 0.141. The predicted octanol–water partition coefficient (Wildman–Crippen LogP) is 16.9. The van der Waals surface area contributed by atoms with E-state index < -0.39 is 26.0 Å². The van der Waals surface area contributed by atoms with Crippen LogP contribution in [0.2, 0.25) is 0 Å². The average Bonchev–Trinajstić information content (AvgIpc) is 3.75. The molecular weight excluding hydrogens is 803 g/mol. The van der Waals surface area contributed by atoms with Crippen LogP contribution in [0.15, 0.2) is 170 Å². The fourth-order valence-electron chi connectivity index (χ4n) is 9.02. The van der Waals surface area contributed by atoms with Gasteiger partial charge in [-0.15, -0.1) is 0 Å². The molecule has 0 spiro atoms. The number of phenolic OH excluding ortho intramolecular Hbond substituents is 1. The third kappa shape index (κ3) is 8.85. The van der Waals surface area contributed by atoms with Crippen molar-refractivity contribution in [2.24, 2.45) is 5.92 Å². The molecule has 1 N–H and O–H groups in total. The molecule has 0 saturated heterocycles. The molecule has 66 heavy (non-hydrogen) atoms. The van der Waals surface area contributed by atoms with Gasteiger partial charge in [0.2, 0.25) is 0 Å². The summed E-state index contributed by atoms with van der Waals surface area (Å²) in [6.07, 6.45) is 2.59. The van der Waals surface area contributed by atoms with E-state index in [1.165, 1.54) is 17.7 Å². The summed E-state index contributed by atoms with van der Waals surface area (Å²) in [5.74, 6) is 1.48. The second-order valence-electron chi connectivity index (χ2n) is 18.5. The van der Waals surface area contributed by atoms with Crippen molar-refractivity contribution >= 4 is 11.0 Å². The Hall–Kier alpha value is -7.04. The number of phenols is 1. The molecule has 0 atom stereocenters. The smallest absolute Gasteiger partial charge is 0.149 e. The molecule has 0 fully saturated rings. The van der Waals surface area contributed by atoms with Crippen LogP contribution < -0.4 is 0 Å². The van der Waals surface area contributed by atoms with E-state index in [0.717, 1.165) is 73.2 Å². The van der Waals surface area contributed by atoms with E-state index in [9.17, 15) is 5.11 Å². The first-order valence-corrected chi connectivity index (χ1v) is 22.8. The Morgan fingerprint density at radius 3 is 1.92 bits per heavy atom. The molecular formula is C62H61N3O. The van der Waals surface area contributed by atoms with Crippen LogP contribution in [0, 0.1) is 5.92 Å². The summed E-state index contributed by atoms with van der Waals surface area (Å²) < 4.78 is 76.3. The molecule has 9 rings (SSSR count). The summed E-state index contributed by atoms with van der Waals surface area (Å²) in [6.45, 7) is 2.86. The lowest BCUT2D eigenvalue weighted by atomic mass is 9.86. The lowest BCUT2D eigenvalue weighted by Crippen LogP contribution is -2.10. The zero-order valence-corrected chi connectivity index (χ0v) is 38.4. The van der Waals surface area contributed by atoms with E-state index in [0.29, 0.717) is 34.1 Å². The average molecular weight is 873 g/mol. The topological polar surface area (TPSA) is 50.9 Å². The SMILES string of the molecule is [2H]C([2H])([2H])C(c1ccc(-c2ccnc(-c3cc(-c4ccccc4)cc(-c4cccc5c4nc(-c4cc(C(C)C)cc(C(C)C)c4O)n5-c4ccc(CC(C)C)cc4-c4ccccc4)c3)c2)cc1)(C([2H])([2H])[2H])C([2H])([2H])[2H]. The Labute approximate surface area is 404 Å². The first-order valence-electron chi connectivity index (χ1n) is 27.3. The number of imidazole rings is 1. The van der Waals surface area contributed by atoms with Crippen molar-refractivity contribution < 1.29 is 17.4 Å². The maximum absolute atomic E-state index is 12.4. The van der Waals surface area contributed by atoms with Crippen LogP contribution in [0.25, 0.3) is 83.9 Å². The lowest BCUT2D eigenvalue weighted by Gasteiger charge is -2.20. The number of para-hydroxylation sites is 1. The summed E-state index contributed by atoms with van der Waals surface area (Å²) in [6, 6.07) is 53.4. The molecule has 0 saturated carbocycles. The Kier molecular flexibility index (Phi) is 9.41. The van der Waals surface area contributed by atoms with Crippen LogP contribution in [-0.2, 0) is 11.8 Å². The van der Waals surface area contributed by atoms with Crippen molar-refractivity contribution in [2.45, 2.75) is 85.8 Å². The summed E-state index contributed by atoms with van der Waals surface area (Å²) >= 11 is 0. The zero-order valence-electron chi connectivity index (χ0n) is 47.4. The highest BCUT2D eigenvalue weighted by atomic mass is 16.3. The summed E-state index contributed by atoms with van der Waals surface area (Å²) in [7, 11) is 0. The van der Waals surface area contributed by atoms with Crippen LogP contribution in [-0.4, -0.2) is 19.6 Å². The van der Waals surface area contributed by atoms with Crippen molar-refractivity contribution in [3.63, 3.8) is 0 Å². The lowest BCUT2D eigenvalue weighted by molar-refractivity contribution is 0.466. The van der Waals surface area contributed by atoms with E-state index in [-0.39, 0.29) is 23.1 Å². The highest BCUT2D eigenvalue weighted by Gasteiger charge is 2.25. The summed E-state index contributed by atoms with van der Waals surface area (Å²) in [5.41, 5.74) is 11.4. The van der Waals surface area contributed by atoms with Crippen molar-refractivity contribution in [3.8, 4) is 78.6 Å². The van der Waals surface area contributed by atoms with Gasteiger partial charge in [-0.1, -0.05) is 171 Å². The Morgan fingerprint density at radius 1 is 0.561 bits per heavy atom. The second-order valence-corrected chi connectivity index (χ2v) is 18.5. The fourth-order valence-corrected chi connectivity index (χ4v) is 9.02. The highest BCUT2D eigenvalue weighted by Crippen LogP contribution is 2.44. The van der Waals surface area contributed by atoms with Gasteiger partial charge in [-0.25, -0.2) is 4.98 Å². The number of nitrogens with zero attached hydrogens (tertiary/aromatic N) is 3. The van der Waals surface area contributed by atoms with Crippen LogP contribution in [0.5, 0.6) is 5.75 Å². The normalized spacial score (nSPS) is 14.5. The number of benzene rings is 7. The molecule has 0 aliphatic heterocycles. The maximum atomic E-state index is 12.4. The minimum absolute atomic E-state index is 0.0420. The summed E-state index contributed by atoms with van der Waals surface area (Å²) in [5, 5.41) is 12.4. The molecule has 7 aromatic carbocycles. The molecule has 0 aliphatic carbocycles. The molecule has 0 bridgehead atoms. The minimum atomic E-state index is -3.37. The van der Waals surface area contributed by atoms with Gasteiger partial charge in [-0.2, -0.15) is 0 Å². The van der Waals surface area contributed by atoms with Crippen LogP contribution in [0.3, 0.4) is 0 Å². The largest absolute Gasteiger partial charge is 0.507 e. The molecule has 0 unspecified atom stereocenters. The van der Waals surface area contributed by atoms with Gasteiger partial charge in [0.25, 0.3) is 0 Å². The first-order chi connectivity index (χ1) is 35.5. The van der Waals surface area contributed by atoms with Gasteiger partial charge in [0.15, 0.2) is 0 Å². The molecule has 0 amide bonds. The van der Waals surface area contributed by atoms with Crippen LogP contribution in [0.4, 0.5) is 0 Å². The monoisotopic (exact) mass is 873 g/mol. The van der Waals surface area contributed by atoms with Crippen LogP contribution in [0.1, 0.15) is 109 Å². The molecule has 2 aromatic heterocycles. The molecule has 4 heteroatoms. The van der Waals surface area contributed by atoms with Gasteiger partial charge in [0.1, 0.15) is 11.6 Å². The number of aromatic nitrogens is 3. The molecule has 9 aromatic rings. The van der Waals surface area contributed by atoms with E-state index in [1.807, 2.05) is 30.3 Å². The van der Waals surface area contributed by atoms with Crippen molar-refractivity contribution in [1.82, 2.24) is 14.5 Å². The van der Waals surface area contributed by atoms with Gasteiger partial charge >= 0.3 is 0 Å². The van der Waals surface area contributed by atoms with Gasteiger partial charge in [-0.3, -0.25) is 9.55 Å². The van der Waals surface area contributed by atoms with Gasteiger partial charge in [0.05, 0.1) is 28.0 Å². The van der Waals surface area contributed by atoms with Crippen molar-refractivity contribution in [2.75, 3.05) is 0 Å². The number of aromatic hydroxyl groups is 1. The van der Waals surface area contributed by atoms with Crippen molar-refractivity contribution in [3.05, 3.63) is 192 Å². The number of rotatable bonds is 11. The highest BCUT2D eigenvalue weighted by molar-refractivity contribution is 5.98. The van der Waals surface area contributed by atoms with E-state index in [4.69, 9.17) is 22.3 Å². The predicted molar refractivity (Wildman–Crippen MR) is 279 cm³/mol.